The molecule has 0 saturated heterocycles. The first-order valence-corrected chi connectivity index (χ1v) is 7.06. The molecule has 0 saturated carbocycles. The number of carbonyl (C=O) groups is 1. The quantitative estimate of drug-likeness (QED) is 0.400. The van der Waals surface area contributed by atoms with Crippen LogP contribution in [0.4, 0.5) is 5.69 Å². The van der Waals surface area contributed by atoms with Gasteiger partial charge in [0.25, 0.3) is 5.69 Å². The molecule has 122 valence electrons. The minimum Gasteiger partial charge on any atom is -0.507 e. The Kier molecular flexibility index (Phi) is 3.91. The van der Waals surface area contributed by atoms with E-state index in [9.17, 15) is 20.0 Å². The summed E-state index contributed by atoms with van der Waals surface area (Å²) in [6.45, 7) is 1.56. The number of ether oxygens (including phenoxy) is 2. The van der Waals surface area contributed by atoms with Crippen molar-refractivity contribution in [1.82, 2.24) is 0 Å². The van der Waals surface area contributed by atoms with Gasteiger partial charge < -0.3 is 14.6 Å². The molecule has 0 aromatic heterocycles. The number of rotatable bonds is 4. The number of hydrogen-bond acceptors (Lipinski definition) is 6. The van der Waals surface area contributed by atoms with E-state index in [4.69, 9.17) is 9.47 Å². The summed E-state index contributed by atoms with van der Waals surface area (Å²) in [4.78, 5) is 22.5. The molecule has 24 heavy (non-hydrogen) atoms. The third kappa shape index (κ3) is 2.79. The summed E-state index contributed by atoms with van der Waals surface area (Å²) < 4.78 is 10.5. The Hall–Kier alpha value is -3.35. The van der Waals surface area contributed by atoms with Crippen LogP contribution in [0.5, 0.6) is 17.2 Å². The number of aromatic hydroxyl groups is 1. The van der Waals surface area contributed by atoms with Crippen molar-refractivity contribution < 1.29 is 24.3 Å². The normalized spacial score (nSPS) is 12.5. The number of fused-ring (bicyclic) bond motifs is 1. The average molecular weight is 327 g/mol. The van der Waals surface area contributed by atoms with Gasteiger partial charge >= 0.3 is 0 Å². The standard InChI is InChI=1S/C17H13NO6/c1-10-13(18(21)22)5-4-12(17(10)20)14(19)6-2-11-3-7-15-16(8-11)24-9-23-15/h2-8,20H,9H2,1H3/b6-2+. The molecule has 2 aromatic carbocycles. The van der Waals surface area contributed by atoms with E-state index in [0.717, 1.165) is 5.56 Å². The largest absolute Gasteiger partial charge is 0.507 e. The molecular weight excluding hydrogens is 314 g/mol. The zero-order valence-electron chi connectivity index (χ0n) is 12.7. The number of phenolic OH excluding ortho intramolecular Hbond substituents is 1. The van der Waals surface area contributed by atoms with Crippen molar-refractivity contribution in [2.45, 2.75) is 6.92 Å². The fourth-order valence-corrected chi connectivity index (χ4v) is 2.36. The highest BCUT2D eigenvalue weighted by Crippen LogP contribution is 2.33. The van der Waals surface area contributed by atoms with Crippen molar-refractivity contribution in [2.24, 2.45) is 0 Å². The predicted molar refractivity (Wildman–Crippen MR) is 85.4 cm³/mol. The van der Waals surface area contributed by atoms with Crippen LogP contribution in [-0.4, -0.2) is 22.6 Å². The lowest BCUT2D eigenvalue weighted by molar-refractivity contribution is -0.385. The summed E-state index contributed by atoms with van der Waals surface area (Å²) in [5.74, 6) is 0.397. The van der Waals surface area contributed by atoms with Gasteiger partial charge in [0.1, 0.15) is 5.75 Å². The van der Waals surface area contributed by atoms with Crippen molar-refractivity contribution in [2.75, 3.05) is 6.79 Å². The highest BCUT2D eigenvalue weighted by atomic mass is 16.7. The van der Waals surface area contributed by atoms with E-state index in [2.05, 4.69) is 0 Å². The molecular formula is C17H13NO6. The van der Waals surface area contributed by atoms with E-state index in [-0.39, 0.29) is 29.4 Å². The third-order valence-electron chi connectivity index (χ3n) is 3.69. The number of ketones is 1. The van der Waals surface area contributed by atoms with Gasteiger partial charge in [0.2, 0.25) is 6.79 Å². The summed E-state index contributed by atoms with van der Waals surface area (Å²) >= 11 is 0. The predicted octanol–water partition coefficient (Wildman–Crippen LogP) is 3.23. The Morgan fingerprint density at radius 1 is 1.25 bits per heavy atom. The molecule has 0 atom stereocenters. The molecule has 1 aliphatic rings. The molecule has 2 aromatic rings. The average Bonchev–Trinajstić information content (AvgIpc) is 3.02. The highest BCUT2D eigenvalue weighted by Gasteiger charge is 2.19. The van der Waals surface area contributed by atoms with Crippen molar-refractivity contribution in [3.8, 4) is 17.2 Å². The number of nitrogens with zero attached hydrogens (tertiary/aromatic N) is 1. The monoisotopic (exact) mass is 327 g/mol. The fraction of sp³-hybridized carbons (Fsp3) is 0.118. The number of allylic oxidation sites excluding steroid dienone is 1. The first-order valence-electron chi connectivity index (χ1n) is 7.06. The Morgan fingerprint density at radius 2 is 2.00 bits per heavy atom. The molecule has 1 N–H and O–H groups in total. The highest BCUT2D eigenvalue weighted by molar-refractivity contribution is 6.09. The van der Waals surface area contributed by atoms with Gasteiger partial charge in [-0.15, -0.1) is 0 Å². The third-order valence-corrected chi connectivity index (χ3v) is 3.69. The lowest BCUT2D eigenvalue weighted by Crippen LogP contribution is -1.99. The van der Waals surface area contributed by atoms with Gasteiger partial charge in [-0.05, 0) is 36.8 Å². The summed E-state index contributed by atoms with van der Waals surface area (Å²) in [6.07, 6.45) is 2.86. The molecule has 0 bridgehead atoms. The van der Waals surface area contributed by atoms with Crippen molar-refractivity contribution in [3.63, 3.8) is 0 Å². The Morgan fingerprint density at radius 3 is 2.75 bits per heavy atom. The second-order valence-electron chi connectivity index (χ2n) is 5.17. The van der Waals surface area contributed by atoms with Gasteiger partial charge in [0.05, 0.1) is 16.1 Å². The first kappa shape index (κ1) is 15.5. The lowest BCUT2D eigenvalue weighted by Gasteiger charge is -2.05. The molecule has 7 heteroatoms. The number of nitro groups is 1. The molecule has 3 rings (SSSR count). The summed E-state index contributed by atoms with van der Waals surface area (Å²) in [6, 6.07) is 7.68. The Bertz CT molecular complexity index is 872. The minimum absolute atomic E-state index is 0.00935. The number of hydrogen-bond donors (Lipinski definition) is 1. The topological polar surface area (TPSA) is 98.9 Å². The lowest BCUT2D eigenvalue weighted by atomic mass is 10.0. The molecule has 0 radical (unpaired) electrons. The maximum absolute atomic E-state index is 12.2. The van der Waals surface area contributed by atoms with E-state index in [1.54, 1.807) is 24.3 Å². The Labute approximate surface area is 136 Å². The number of carbonyl (C=O) groups excluding carboxylic acids is 1. The Balaban J connectivity index is 1.85. The van der Waals surface area contributed by atoms with Gasteiger partial charge in [-0.25, -0.2) is 0 Å². The maximum atomic E-state index is 12.2. The first-order chi connectivity index (χ1) is 11.5. The van der Waals surface area contributed by atoms with Gasteiger partial charge in [-0.3, -0.25) is 14.9 Å². The van der Waals surface area contributed by atoms with Gasteiger partial charge in [-0.2, -0.15) is 0 Å². The van der Waals surface area contributed by atoms with Gasteiger partial charge in [-0.1, -0.05) is 12.1 Å². The van der Waals surface area contributed by atoms with Crippen molar-refractivity contribution in [3.05, 3.63) is 63.2 Å². The second kappa shape index (κ2) is 6.04. The molecule has 0 aliphatic carbocycles. The van der Waals surface area contributed by atoms with Crippen LogP contribution in [0.15, 0.2) is 36.4 Å². The van der Waals surface area contributed by atoms with Crippen LogP contribution in [0, 0.1) is 17.0 Å². The van der Waals surface area contributed by atoms with Crippen LogP contribution >= 0.6 is 0 Å². The number of nitro benzene ring substituents is 1. The van der Waals surface area contributed by atoms with E-state index in [0.29, 0.717) is 11.5 Å². The fourth-order valence-electron chi connectivity index (χ4n) is 2.36. The molecule has 7 nitrogen and oxygen atoms in total. The van der Waals surface area contributed by atoms with Gasteiger partial charge in [0.15, 0.2) is 17.3 Å². The van der Waals surface area contributed by atoms with E-state index in [1.165, 1.54) is 25.1 Å². The molecule has 1 heterocycles. The van der Waals surface area contributed by atoms with Crippen LogP contribution in [0.2, 0.25) is 0 Å². The number of phenols is 1. The molecule has 0 spiro atoms. The van der Waals surface area contributed by atoms with Crippen LogP contribution < -0.4 is 9.47 Å². The van der Waals surface area contributed by atoms with Crippen LogP contribution in [0.3, 0.4) is 0 Å². The summed E-state index contributed by atoms with van der Waals surface area (Å²) in [7, 11) is 0. The van der Waals surface area contributed by atoms with Crippen LogP contribution in [0.25, 0.3) is 6.08 Å². The second-order valence-corrected chi connectivity index (χ2v) is 5.17. The zero-order chi connectivity index (χ0) is 17.3. The molecule has 0 amide bonds. The van der Waals surface area contributed by atoms with Crippen molar-refractivity contribution >= 4 is 17.5 Å². The summed E-state index contributed by atoms with van der Waals surface area (Å²) in [5, 5.41) is 20.9. The van der Waals surface area contributed by atoms with Gasteiger partial charge in [0, 0.05) is 6.07 Å². The molecule has 0 fully saturated rings. The summed E-state index contributed by atoms with van der Waals surface area (Å²) in [5.41, 5.74) is 0.562. The van der Waals surface area contributed by atoms with Crippen LogP contribution in [-0.2, 0) is 0 Å². The van der Waals surface area contributed by atoms with Crippen LogP contribution in [0.1, 0.15) is 21.5 Å². The SMILES string of the molecule is Cc1c([N+](=O)[O-])ccc(C(=O)/C=C/c2ccc3c(c2)OCO3)c1O. The molecule has 1 aliphatic heterocycles. The van der Waals surface area contributed by atoms with E-state index >= 15 is 0 Å². The van der Waals surface area contributed by atoms with E-state index < -0.39 is 10.7 Å². The smallest absolute Gasteiger partial charge is 0.276 e. The van der Waals surface area contributed by atoms with E-state index in [1.807, 2.05) is 0 Å². The van der Waals surface area contributed by atoms with Crippen molar-refractivity contribution in [1.29, 1.82) is 0 Å². The maximum Gasteiger partial charge on any atom is 0.276 e. The zero-order valence-corrected chi connectivity index (χ0v) is 12.7. The molecule has 0 unspecified atom stereocenters. The minimum atomic E-state index is -0.605. The number of benzene rings is 2.